The van der Waals surface area contributed by atoms with E-state index in [-0.39, 0.29) is 0 Å². The number of rotatable bonds is 5. The topological polar surface area (TPSA) is 57.6 Å². The summed E-state index contributed by atoms with van der Waals surface area (Å²) in [7, 11) is 0. The van der Waals surface area contributed by atoms with E-state index in [1.807, 2.05) is 18.5 Å². The second-order valence-electron chi connectivity index (χ2n) is 7.21. The van der Waals surface area contributed by atoms with E-state index in [0.717, 1.165) is 82.9 Å². The van der Waals surface area contributed by atoms with Crippen LogP contribution in [0.1, 0.15) is 11.3 Å². The van der Waals surface area contributed by atoms with E-state index in [9.17, 15) is 0 Å². The molecule has 7 heteroatoms. The van der Waals surface area contributed by atoms with Crippen molar-refractivity contribution in [3.63, 3.8) is 0 Å². The summed E-state index contributed by atoms with van der Waals surface area (Å²) < 4.78 is 5.45. The number of aromatic nitrogens is 3. The minimum absolute atomic E-state index is 0.752. The van der Waals surface area contributed by atoms with Gasteiger partial charge in [-0.25, -0.2) is 4.98 Å². The van der Waals surface area contributed by atoms with Crippen LogP contribution in [-0.4, -0.2) is 78.9 Å². The van der Waals surface area contributed by atoms with Crippen molar-refractivity contribution in [1.29, 1.82) is 0 Å². The minimum Gasteiger partial charge on any atom is -0.378 e. The highest BCUT2D eigenvalue weighted by atomic mass is 16.5. The Labute approximate surface area is 161 Å². The van der Waals surface area contributed by atoms with Gasteiger partial charge < -0.3 is 14.5 Å². The van der Waals surface area contributed by atoms with Gasteiger partial charge in [-0.2, -0.15) is 4.98 Å². The molecule has 0 saturated carbocycles. The molecular formula is C20H28N6O. The number of pyridine rings is 1. The molecule has 2 aliphatic rings. The van der Waals surface area contributed by atoms with E-state index in [4.69, 9.17) is 9.72 Å². The fraction of sp³-hybridized carbons (Fsp3) is 0.550. The van der Waals surface area contributed by atoms with Crippen LogP contribution in [0.2, 0.25) is 0 Å². The molecule has 0 amide bonds. The van der Waals surface area contributed by atoms with Crippen LogP contribution in [0, 0.1) is 6.92 Å². The van der Waals surface area contributed by atoms with Crippen LogP contribution in [0.25, 0.3) is 0 Å². The van der Waals surface area contributed by atoms with Gasteiger partial charge in [-0.3, -0.25) is 9.88 Å². The molecule has 7 nitrogen and oxygen atoms in total. The minimum atomic E-state index is 0.752. The molecule has 4 heterocycles. The Balaban J connectivity index is 1.34. The Morgan fingerprint density at radius 3 is 2.56 bits per heavy atom. The van der Waals surface area contributed by atoms with Gasteiger partial charge in [0.1, 0.15) is 5.82 Å². The molecule has 2 aromatic heterocycles. The maximum atomic E-state index is 5.45. The monoisotopic (exact) mass is 368 g/mol. The van der Waals surface area contributed by atoms with Crippen molar-refractivity contribution >= 4 is 11.8 Å². The third kappa shape index (κ3) is 4.73. The zero-order valence-corrected chi connectivity index (χ0v) is 16.0. The van der Waals surface area contributed by atoms with Crippen molar-refractivity contribution in [2.24, 2.45) is 0 Å². The number of nitrogens with zero attached hydrogens (tertiary/aromatic N) is 6. The highest BCUT2D eigenvalue weighted by Gasteiger charge is 2.21. The first kappa shape index (κ1) is 18.1. The van der Waals surface area contributed by atoms with Crippen molar-refractivity contribution in [2.75, 3.05) is 68.8 Å². The molecule has 4 rings (SSSR count). The van der Waals surface area contributed by atoms with Gasteiger partial charge >= 0.3 is 0 Å². The Kier molecular flexibility index (Phi) is 5.79. The second kappa shape index (κ2) is 8.63. The van der Waals surface area contributed by atoms with Crippen LogP contribution in [0.15, 0.2) is 30.6 Å². The van der Waals surface area contributed by atoms with Gasteiger partial charge in [-0.1, -0.05) is 6.07 Å². The van der Waals surface area contributed by atoms with Crippen molar-refractivity contribution in [2.45, 2.75) is 13.3 Å². The van der Waals surface area contributed by atoms with Gasteiger partial charge in [0, 0.05) is 70.0 Å². The number of piperazine rings is 1. The van der Waals surface area contributed by atoms with Crippen LogP contribution in [0.3, 0.4) is 0 Å². The Bertz CT molecular complexity index is 727. The maximum Gasteiger partial charge on any atom is 0.227 e. The lowest BCUT2D eigenvalue weighted by molar-refractivity contribution is 0.122. The Morgan fingerprint density at radius 2 is 1.81 bits per heavy atom. The molecule has 2 aliphatic heterocycles. The third-order valence-electron chi connectivity index (χ3n) is 5.26. The van der Waals surface area contributed by atoms with Gasteiger partial charge in [0.05, 0.1) is 13.2 Å². The summed E-state index contributed by atoms with van der Waals surface area (Å²) in [5, 5.41) is 0. The average Bonchev–Trinajstić information content (AvgIpc) is 2.73. The molecule has 0 spiro atoms. The molecule has 0 aliphatic carbocycles. The van der Waals surface area contributed by atoms with E-state index in [2.05, 4.69) is 43.7 Å². The molecule has 0 unspecified atom stereocenters. The van der Waals surface area contributed by atoms with E-state index in [1.165, 1.54) is 5.56 Å². The third-order valence-corrected chi connectivity index (χ3v) is 5.26. The van der Waals surface area contributed by atoms with Gasteiger partial charge in [-0.05, 0) is 25.0 Å². The molecule has 2 aromatic rings. The number of aryl methyl sites for hydroxylation is 1. The summed E-state index contributed by atoms with van der Waals surface area (Å²) in [6.07, 6.45) is 4.85. The van der Waals surface area contributed by atoms with Crippen molar-refractivity contribution in [3.05, 3.63) is 41.9 Å². The molecular weight excluding hydrogens is 340 g/mol. The molecule has 0 aromatic carbocycles. The Morgan fingerprint density at radius 1 is 1.00 bits per heavy atom. The lowest BCUT2D eigenvalue weighted by Crippen LogP contribution is -2.47. The molecule has 2 saturated heterocycles. The smallest absolute Gasteiger partial charge is 0.227 e. The highest BCUT2D eigenvalue weighted by molar-refractivity contribution is 5.46. The normalized spacial score (nSPS) is 18.7. The zero-order chi connectivity index (χ0) is 18.5. The van der Waals surface area contributed by atoms with Crippen LogP contribution in [0.5, 0.6) is 0 Å². The summed E-state index contributed by atoms with van der Waals surface area (Å²) in [6.45, 7) is 10.5. The number of hydrogen-bond acceptors (Lipinski definition) is 7. The molecule has 0 radical (unpaired) electrons. The first-order valence-electron chi connectivity index (χ1n) is 9.82. The second-order valence-corrected chi connectivity index (χ2v) is 7.21. The summed E-state index contributed by atoms with van der Waals surface area (Å²) in [5.74, 6) is 1.89. The lowest BCUT2D eigenvalue weighted by Gasteiger charge is -2.36. The molecule has 0 atom stereocenters. The lowest BCUT2D eigenvalue weighted by atomic mass is 10.2. The molecule has 27 heavy (non-hydrogen) atoms. The number of morpholine rings is 1. The standard InChI is InChI=1S/C20H28N6O/c1-17-15-19(23-20(22-17)26-11-13-27-14-12-26)25-9-7-24(8-10-25)6-4-18-3-2-5-21-16-18/h2-3,5,15-16H,4,6-14H2,1H3. The first-order valence-corrected chi connectivity index (χ1v) is 9.82. The Hall–Kier alpha value is -2.25. The van der Waals surface area contributed by atoms with Crippen LogP contribution in [0.4, 0.5) is 11.8 Å². The van der Waals surface area contributed by atoms with Crippen LogP contribution < -0.4 is 9.80 Å². The highest BCUT2D eigenvalue weighted by Crippen LogP contribution is 2.20. The molecule has 0 bridgehead atoms. The van der Waals surface area contributed by atoms with Gasteiger partial charge in [0.2, 0.25) is 5.95 Å². The maximum absolute atomic E-state index is 5.45. The summed E-state index contributed by atoms with van der Waals surface area (Å²) in [5.41, 5.74) is 2.34. The van der Waals surface area contributed by atoms with Crippen molar-refractivity contribution in [1.82, 2.24) is 19.9 Å². The van der Waals surface area contributed by atoms with E-state index in [0.29, 0.717) is 0 Å². The van der Waals surface area contributed by atoms with Crippen molar-refractivity contribution in [3.8, 4) is 0 Å². The number of anilines is 2. The zero-order valence-electron chi connectivity index (χ0n) is 16.0. The molecule has 2 fully saturated rings. The quantitative estimate of drug-likeness (QED) is 0.790. The predicted octanol–water partition coefficient (Wildman–Crippen LogP) is 1.38. The summed E-state index contributed by atoms with van der Waals surface area (Å²) in [6, 6.07) is 6.27. The van der Waals surface area contributed by atoms with E-state index < -0.39 is 0 Å². The fourth-order valence-corrected chi connectivity index (χ4v) is 3.64. The van der Waals surface area contributed by atoms with Crippen molar-refractivity contribution < 1.29 is 4.74 Å². The SMILES string of the molecule is Cc1cc(N2CCN(CCc3cccnc3)CC2)nc(N2CCOCC2)n1. The summed E-state index contributed by atoms with van der Waals surface area (Å²) >= 11 is 0. The van der Waals surface area contributed by atoms with Crippen LogP contribution in [-0.2, 0) is 11.2 Å². The van der Waals surface area contributed by atoms with E-state index in [1.54, 1.807) is 0 Å². The van der Waals surface area contributed by atoms with Gasteiger partial charge in [0.25, 0.3) is 0 Å². The first-order chi connectivity index (χ1) is 13.3. The summed E-state index contributed by atoms with van der Waals surface area (Å²) in [4.78, 5) is 20.8. The molecule has 144 valence electrons. The predicted molar refractivity (Wildman–Crippen MR) is 106 cm³/mol. The average molecular weight is 368 g/mol. The fourth-order valence-electron chi connectivity index (χ4n) is 3.64. The van der Waals surface area contributed by atoms with E-state index >= 15 is 0 Å². The van der Waals surface area contributed by atoms with Gasteiger partial charge in [0.15, 0.2) is 0 Å². The number of hydrogen-bond donors (Lipinski definition) is 0. The van der Waals surface area contributed by atoms with Gasteiger partial charge in [-0.15, -0.1) is 0 Å². The van der Waals surface area contributed by atoms with Crippen LogP contribution >= 0.6 is 0 Å². The largest absolute Gasteiger partial charge is 0.378 e. The number of ether oxygens (including phenoxy) is 1. The molecule has 0 N–H and O–H groups in total.